The number of hydrogen-bond donors (Lipinski definition) is 2. The number of anilines is 1. The minimum atomic E-state index is -0.511. The maximum Gasteiger partial charge on any atom is 0.325 e. The molecular weight excluding hydrogens is 388 g/mol. The van der Waals surface area contributed by atoms with Crippen LogP contribution < -0.4 is 15.4 Å². The average molecular weight is 414 g/mol. The third-order valence-electron chi connectivity index (χ3n) is 4.06. The zero-order valence-corrected chi connectivity index (χ0v) is 17.1. The summed E-state index contributed by atoms with van der Waals surface area (Å²) in [6, 6.07) is 13.9. The fraction of sp³-hybridized carbons (Fsp3) is 0.318. The van der Waals surface area contributed by atoms with E-state index in [1.54, 1.807) is 48.5 Å². The second-order valence-electron chi connectivity index (χ2n) is 6.22. The summed E-state index contributed by atoms with van der Waals surface area (Å²) in [4.78, 5) is 35.5. The molecule has 0 aromatic heterocycles. The molecule has 2 aromatic rings. The Morgan fingerprint density at radius 1 is 0.967 bits per heavy atom. The van der Waals surface area contributed by atoms with Gasteiger partial charge in [-0.15, -0.1) is 0 Å². The lowest BCUT2D eigenvalue weighted by Gasteiger charge is -2.12. The SMILES string of the molecule is CCOCCOc1ccccc1C(=O)Nc1ccc(CC(=O)NCC(=O)OC)cc1. The first-order chi connectivity index (χ1) is 14.5. The van der Waals surface area contributed by atoms with Crippen LogP contribution in [-0.2, 0) is 25.5 Å². The Kier molecular flexibility index (Phi) is 9.33. The Morgan fingerprint density at radius 2 is 1.70 bits per heavy atom. The molecule has 0 heterocycles. The third kappa shape index (κ3) is 7.56. The molecular formula is C22H26N2O6. The highest BCUT2D eigenvalue weighted by Crippen LogP contribution is 2.20. The third-order valence-corrected chi connectivity index (χ3v) is 4.06. The number of hydrogen-bond acceptors (Lipinski definition) is 6. The molecule has 160 valence electrons. The second kappa shape index (κ2) is 12.2. The van der Waals surface area contributed by atoms with Crippen LogP contribution in [0.1, 0.15) is 22.8 Å². The van der Waals surface area contributed by atoms with Gasteiger partial charge in [0.2, 0.25) is 5.91 Å². The van der Waals surface area contributed by atoms with Gasteiger partial charge >= 0.3 is 5.97 Å². The summed E-state index contributed by atoms with van der Waals surface area (Å²) in [5.41, 5.74) is 1.75. The van der Waals surface area contributed by atoms with Crippen LogP contribution in [0.4, 0.5) is 5.69 Å². The molecule has 30 heavy (non-hydrogen) atoms. The summed E-state index contributed by atoms with van der Waals surface area (Å²) in [6.45, 7) is 3.14. The van der Waals surface area contributed by atoms with E-state index in [0.29, 0.717) is 36.8 Å². The van der Waals surface area contributed by atoms with E-state index in [9.17, 15) is 14.4 Å². The molecule has 0 aliphatic heterocycles. The van der Waals surface area contributed by atoms with Gasteiger partial charge in [0.05, 0.1) is 25.7 Å². The predicted molar refractivity (Wildman–Crippen MR) is 112 cm³/mol. The van der Waals surface area contributed by atoms with Crippen LogP contribution in [0.25, 0.3) is 0 Å². The molecule has 0 spiro atoms. The topological polar surface area (TPSA) is 103 Å². The summed E-state index contributed by atoms with van der Waals surface area (Å²) >= 11 is 0. The smallest absolute Gasteiger partial charge is 0.325 e. The van der Waals surface area contributed by atoms with Gasteiger partial charge in [-0.25, -0.2) is 0 Å². The number of nitrogens with one attached hydrogen (secondary N) is 2. The van der Waals surface area contributed by atoms with Gasteiger partial charge in [0.25, 0.3) is 5.91 Å². The van der Waals surface area contributed by atoms with E-state index in [0.717, 1.165) is 5.56 Å². The van der Waals surface area contributed by atoms with E-state index < -0.39 is 5.97 Å². The summed E-state index contributed by atoms with van der Waals surface area (Å²) < 4.78 is 15.4. The van der Waals surface area contributed by atoms with E-state index in [2.05, 4.69) is 15.4 Å². The first-order valence-electron chi connectivity index (χ1n) is 9.56. The van der Waals surface area contributed by atoms with Crippen LogP contribution in [0.3, 0.4) is 0 Å². The van der Waals surface area contributed by atoms with Crippen LogP contribution in [0.15, 0.2) is 48.5 Å². The lowest BCUT2D eigenvalue weighted by Crippen LogP contribution is -2.31. The van der Waals surface area contributed by atoms with E-state index in [4.69, 9.17) is 9.47 Å². The van der Waals surface area contributed by atoms with E-state index >= 15 is 0 Å². The molecule has 0 saturated carbocycles. The van der Waals surface area contributed by atoms with Crippen molar-refractivity contribution >= 4 is 23.5 Å². The van der Waals surface area contributed by atoms with Crippen molar-refractivity contribution in [1.82, 2.24) is 5.32 Å². The molecule has 0 fully saturated rings. The van der Waals surface area contributed by atoms with Gasteiger partial charge in [-0.2, -0.15) is 0 Å². The van der Waals surface area contributed by atoms with Crippen molar-refractivity contribution in [3.05, 3.63) is 59.7 Å². The minimum Gasteiger partial charge on any atom is -0.490 e. The maximum absolute atomic E-state index is 12.6. The van der Waals surface area contributed by atoms with Crippen molar-refractivity contribution in [2.75, 3.05) is 38.8 Å². The molecule has 0 saturated heterocycles. The number of esters is 1. The van der Waals surface area contributed by atoms with E-state index in [-0.39, 0.29) is 24.8 Å². The zero-order chi connectivity index (χ0) is 21.8. The summed E-state index contributed by atoms with van der Waals surface area (Å²) in [7, 11) is 1.26. The molecule has 2 aromatic carbocycles. The number of rotatable bonds is 11. The quantitative estimate of drug-likeness (QED) is 0.432. The summed E-state index contributed by atoms with van der Waals surface area (Å²) in [5, 5.41) is 5.29. The highest BCUT2D eigenvalue weighted by molar-refractivity contribution is 6.06. The maximum atomic E-state index is 12.6. The number of carbonyl (C=O) groups is 3. The van der Waals surface area contributed by atoms with Gasteiger partial charge in [-0.05, 0) is 36.8 Å². The summed E-state index contributed by atoms with van der Waals surface area (Å²) in [6.07, 6.45) is 0.113. The molecule has 0 aliphatic carbocycles. The van der Waals surface area contributed by atoms with Gasteiger partial charge in [0.15, 0.2) is 0 Å². The monoisotopic (exact) mass is 414 g/mol. The van der Waals surface area contributed by atoms with Crippen molar-refractivity contribution < 1.29 is 28.6 Å². The normalized spacial score (nSPS) is 10.2. The van der Waals surface area contributed by atoms with Gasteiger partial charge in [0, 0.05) is 12.3 Å². The number of amides is 2. The number of methoxy groups -OCH3 is 1. The van der Waals surface area contributed by atoms with Crippen LogP contribution in [0.2, 0.25) is 0 Å². The Morgan fingerprint density at radius 3 is 2.40 bits per heavy atom. The highest BCUT2D eigenvalue weighted by Gasteiger charge is 2.13. The Hall–Kier alpha value is -3.39. The zero-order valence-electron chi connectivity index (χ0n) is 17.1. The number of carbonyl (C=O) groups excluding carboxylic acids is 3. The van der Waals surface area contributed by atoms with Gasteiger partial charge in [-0.1, -0.05) is 24.3 Å². The molecule has 8 nitrogen and oxygen atoms in total. The standard InChI is InChI=1S/C22H26N2O6/c1-3-29-12-13-30-19-7-5-4-6-18(19)22(27)24-17-10-8-16(9-11-17)14-20(25)23-15-21(26)28-2/h4-11H,3,12-15H2,1-2H3,(H,23,25)(H,24,27). The van der Waals surface area contributed by atoms with Crippen LogP contribution in [-0.4, -0.2) is 51.3 Å². The predicted octanol–water partition coefficient (Wildman–Crippen LogP) is 2.19. The first-order valence-corrected chi connectivity index (χ1v) is 9.56. The van der Waals surface area contributed by atoms with Crippen LogP contribution in [0, 0.1) is 0 Å². The van der Waals surface area contributed by atoms with Crippen molar-refractivity contribution in [2.45, 2.75) is 13.3 Å². The fourth-order valence-electron chi connectivity index (χ4n) is 2.53. The van der Waals surface area contributed by atoms with Crippen molar-refractivity contribution in [3.63, 3.8) is 0 Å². The molecule has 0 atom stereocenters. The number of para-hydroxylation sites is 1. The molecule has 0 unspecified atom stereocenters. The lowest BCUT2D eigenvalue weighted by atomic mass is 10.1. The van der Waals surface area contributed by atoms with Crippen molar-refractivity contribution in [3.8, 4) is 5.75 Å². The number of benzene rings is 2. The summed E-state index contributed by atoms with van der Waals surface area (Å²) in [5.74, 6) is -0.627. The molecule has 2 rings (SSSR count). The number of ether oxygens (including phenoxy) is 3. The molecule has 0 aliphatic rings. The van der Waals surface area contributed by atoms with Gasteiger partial charge in [-0.3, -0.25) is 14.4 Å². The Bertz CT molecular complexity index is 851. The van der Waals surface area contributed by atoms with Crippen molar-refractivity contribution in [2.24, 2.45) is 0 Å². The second-order valence-corrected chi connectivity index (χ2v) is 6.22. The Labute approximate surface area is 175 Å². The van der Waals surface area contributed by atoms with Crippen LogP contribution >= 0.6 is 0 Å². The van der Waals surface area contributed by atoms with Crippen LogP contribution in [0.5, 0.6) is 5.75 Å². The van der Waals surface area contributed by atoms with Gasteiger partial charge < -0.3 is 24.8 Å². The Balaban J connectivity index is 1.92. The van der Waals surface area contributed by atoms with Gasteiger partial charge in [0.1, 0.15) is 18.9 Å². The highest BCUT2D eigenvalue weighted by atomic mass is 16.5. The molecule has 0 bridgehead atoms. The molecule has 0 radical (unpaired) electrons. The molecule has 2 N–H and O–H groups in total. The fourth-order valence-corrected chi connectivity index (χ4v) is 2.53. The van der Waals surface area contributed by atoms with E-state index in [1.165, 1.54) is 7.11 Å². The minimum absolute atomic E-state index is 0.113. The first kappa shape index (κ1) is 22.9. The largest absolute Gasteiger partial charge is 0.490 e. The van der Waals surface area contributed by atoms with E-state index in [1.807, 2.05) is 6.92 Å². The lowest BCUT2D eigenvalue weighted by molar-refractivity contribution is -0.141. The molecule has 8 heteroatoms. The molecule has 2 amide bonds. The van der Waals surface area contributed by atoms with Crippen molar-refractivity contribution in [1.29, 1.82) is 0 Å². The average Bonchev–Trinajstić information content (AvgIpc) is 2.76.